The van der Waals surface area contributed by atoms with Gasteiger partial charge in [0.15, 0.2) is 0 Å². The van der Waals surface area contributed by atoms with E-state index in [9.17, 15) is 9.59 Å². The first-order chi connectivity index (χ1) is 9.13. The second-order valence-electron chi connectivity index (χ2n) is 4.54. The Hall–Kier alpha value is -1.18. The largest absolute Gasteiger partial charge is 0.481 e. The molecule has 7 nitrogen and oxygen atoms in total. The maximum Gasteiger partial charge on any atom is 0.304 e. The first-order valence-electron chi connectivity index (χ1n) is 6.55. The molecule has 1 amide bonds. The molecule has 0 spiro atoms. The van der Waals surface area contributed by atoms with Crippen LogP contribution in [0.3, 0.4) is 0 Å². The van der Waals surface area contributed by atoms with E-state index in [1.165, 1.54) is 0 Å². The van der Waals surface area contributed by atoms with Gasteiger partial charge >= 0.3 is 5.97 Å². The van der Waals surface area contributed by atoms with E-state index in [-0.39, 0.29) is 12.3 Å². The van der Waals surface area contributed by atoms with Crippen LogP contribution in [-0.2, 0) is 14.3 Å². The lowest BCUT2D eigenvalue weighted by Gasteiger charge is -2.34. The summed E-state index contributed by atoms with van der Waals surface area (Å²) >= 11 is 0. The molecule has 0 atom stereocenters. The molecule has 19 heavy (non-hydrogen) atoms. The molecule has 0 aromatic rings. The van der Waals surface area contributed by atoms with Crippen LogP contribution in [0.5, 0.6) is 0 Å². The highest BCUT2D eigenvalue weighted by Gasteiger charge is 2.20. The van der Waals surface area contributed by atoms with E-state index >= 15 is 0 Å². The van der Waals surface area contributed by atoms with E-state index in [1.807, 2.05) is 4.90 Å². The van der Waals surface area contributed by atoms with Gasteiger partial charge in [0.05, 0.1) is 19.6 Å². The molecule has 0 aromatic heterocycles. The number of amides is 1. The highest BCUT2D eigenvalue weighted by Crippen LogP contribution is 2.02. The normalized spacial score (nSPS) is 16.6. The van der Waals surface area contributed by atoms with Crippen LogP contribution < -0.4 is 5.32 Å². The molecule has 1 aliphatic rings. The number of piperazine rings is 1. The Kier molecular flexibility index (Phi) is 7.39. The first-order valence-corrected chi connectivity index (χ1v) is 6.55. The molecule has 1 rings (SSSR count). The average Bonchev–Trinajstić information content (AvgIpc) is 2.41. The molecule has 1 heterocycles. The smallest absolute Gasteiger partial charge is 0.304 e. The molecule has 0 aromatic carbocycles. The molecule has 0 saturated carbocycles. The van der Waals surface area contributed by atoms with Crippen molar-refractivity contribution in [3.8, 4) is 0 Å². The highest BCUT2D eigenvalue weighted by molar-refractivity contribution is 5.78. The van der Waals surface area contributed by atoms with Gasteiger partial charge in [-0.3, -0.25) is 14.5 Å². The van der Waals surface area contributed by atoms with E-state index in [4.69, 9.17) is 9.84 Å². The Morgan fingerprint density at radius 3 is 2.53 bits per heavy atom. The lowest BCUT2D eigenvalue weighted by molar-refractivity contribution is -0.138. The van der Waals surface area contributed by atoms with Crippen molar-refractivity contribution in [3.63, 3.8) is 0 Å². The van der Waals surface area contributed by atoms with Crippen molar-refractivity contribution >= 4 is 11.9 Å². The lowest BCUT2D eigenvalue weighted by Crippen LogP contribution is -2.51. The van der Waals surface area contributed by atoms with Crippen molar-refractivity contribution < 1.29 is 19.4 Å². The third-order valence-electron chi connectivity index (χ3n) is 3.13. The van der Waals surface area contributed by atoms with Gasteiger partial charge in [0.25, 0.3) is 0 Å². The second-order valence-corrected chi connectivity index (χ2v) is 4.54. The van der Waals surface area contributed by atoms with Gasteiger partial charge in [-0.25, -0.2) is 0 Å². The number of carbonyl (C=O) groups is 2. The number of rotatable bonds is 8. The van der Waals surface area contributed by atoms with Gasteiger partial charge < -0.3 is 20.1 Å². The Morgan fingerprint density at radius 1 is 1.26 bits per heavy atom. The summed E-state index contributed by atoms with van der Waals surface area (Å²) < 4.78 is 4.89. The second kappa shape index (κ2) is 8.84. The SMILES string of the molecule is COCCNCC(=O)N1CCN(CCC(=O)O)CC1. The number of carboxylic acids is 1. The Bertz CT molecular complexity index is 291. The molecule has 1 aliphatic heterocycles. The molecule has 7 heteroatoms. The number of hydrogen-bond donors (Lipinski definition) is 2. The Labute approximate surface area is 113 Å². The van der Waals surface area contributed by atoms with E-state index in [0.29, 0.717) is 39.3 Å². The Balaban J connectivity index is 2.14. The number of ether oxygens (including phenoxy) is 1. The number of nitrogens with zero attached hydrogens (tertiary/aromatic N) is 2. The molecule has 0 unspecified atom stereocenters. The van der Waals surface area contributed by atoms with Crippen LogP contribution in [0.4, 0.5) is 0 Å². The highest BCUT2D eigenvalue weighted by atomic mass is 16.5. The third-order valence-corrected chi connectivity index (χ3v) is 3.13. The number of aliphatic carboxylic acids is 1. The van der Waals surface area contributed by atoms with E-state index < -0.39 is 5.97 Å². The predicted octanol–water partition coefficient (Wildman–Crippen LogP) is -1.16. The molecule has 0 bridgehead atoms. The van der Waals surface area contributed by atoms with Crippen molar-refractivity contribution in [2.24, 2.45) is 0 Å². The summed E-state index contributed by atoms with van der Waals surface area (Å²) in [6.07, 6.45) is 0.159. The minimum Gasteiger partial charge on any atom is -0.481 e. The number of carboxylic acid groups (broad SMARTS) is 1. The zero-order valence-corrected chi connectivity index (χ0v) is 11.4. The van der Waals surface area contributed by atoms with Crippen LogP contribution in [0.2, 0.25) is 0 Å². The lowest BCUT2D eigenvalue weighted by atomic mass is 10.3. The van der Waals surface area contributed by atoms with Crippen LogP contribution in [0.15, 0.2) is 0 Å². The molecular weight excluding hydrogens is 250 g/mol. The molecule has 1 fully saturated rings. The summed E-state index contributed by atoms with van der Waals surface area (Å²) in [7, 11) is 1.62. The van der Waals surface area contributed by atoms with Crippen LogP contribution in [0, 0.1) is 0 Å². The van der Waals surface area contributed by atoms with Gasteiger partial charge in [0.2, 0.25) is 5.91 Å². The maximum absolute atomic E-state index is 11.8. The van der Waals surface area contributed by atoms with Crippen LogP contribution in [-0.4, -0.2) is 86.3 Å². The van der Waals surface area contributed by atoms with E-state index in [1.54, 1.807) is 7.11 Å². The molecule has 0 aliphatic carbocycles. The molecule has 1 saturated heterocycles. The van der Waals surface area contributed by atoms with Crippen molar-refractivity contribution in [3.05, 3.63) is 0 Å². The number of methoxy groups -OCH3 is 1. The quantitative estimate of drug-likeness (QED) is 0.543. The minimum absolute atomic E-state index is 0.0917. The van der Waals surface area contributed by atoms with Crippen molar-refractivity contribution in [1.29, 1.82) is 0 Å². The summed E-state index contributed by atoms with van der Waals surface area (Å²) in [6, 6.07) is 0. The number of carbonyl (C=O) groups excluding carboxylic acids is 1. The van der Waals surface area contributed by atoms with E-state index in [0.717, 1.165) is 13.1 Å². The Morgan fingerprint density at radius 2 is 1.95 bits per heavy atom. The van der Waals surface area contributed by atoms with Gasteiger partial charge in [0, 0.05) is 46.4 Å². The van der Waals surface area contributed by atoms with E-state index in [2.05, 4.69) is 10.2 Å². The molecule has 0 radical (unpaired) electrons. The zero-order valence-electron chi connectivity index (χ0n) is 11.4. The van der Waals surface area contributed by atoms with Gasteiger partial charge in [-0.05, 0) is 0 Å². The van der Waals surface area contributed by atoms with Crippen molar-refractivity contribution in [2.45, 2.75) is 6.42 Å². The van der Waals surface area contributed by atoms with Gasteiger partial charge in [0.1, 0.15) is 0 Å². The fourth-order valence-corrected chi connectivity index (χ4v) is 1.96. The van der Waals surface area contributed by atoms with Crippen molar-refractivity contribution in [1.82, 2.24) is 15.1 Å². The molecule has 2 N–H and O–H groups in total. The van der Waals surface area contributed by atoms with Crippen LogP contribution in [0.25, 0.3) is 0 Å². The van der Waals surface area contributed by atoms with Crippen molar-refractivity contribution in [2.75, 3.05) is 59.5 Å². The van der Waals surface area contributed by atoms with Gasteiger partial charge in [-0.1, -0.05) is 0 Å². The fraction of sp³-hybridized carbons (Fsp3) is 0.833. The number of hydrogen-bond acceptors (Lipinski definition) is 5. The van der Waals surface area contributed by atoms with Crippen LogP contribution >= 0.6 is 0 Å². The first kappa shape index (κ1) is 15.9. The zero-order chi connectivity index (χ0) is 14.1. The van der Waals surface area contributed by atoms with Crippen LogP contribution in [0.1, 0.15) is 6.42 Å². The molecular formula is C12H23N3O4. The topological polar surface area (TPSA) is 82.1 Å². The summed E-state index contributed by atoms with van der Waals surface area (Å²) in [5.41, 5.74) is 0. The summed E-state index contributed by atoms with van der Waals surface area (Å²) in [5.74, 6) is -0.685. The monoisotopic (exact) mass is 273 g/mol. The van der Waals surface area contributed by atoms with Gasteiger partial charge in [-0.15, -0.1) is 0 Å². The fourth-order valence-electron chi connectivity index (χ4n) is 1.96. The maximum atomic E-state index is 11.8. The van der Waals surface area contributed by atoms with Gasteiger partial charge in [-0.2, -0.15) is 0 Å². The number of nitrogens with one attached hydrogen (secondary N) is 1. The standard InChI is InChI=1S/C12H23N3O4/c1-19-9-3-13-10-11(16)15-7-5-14(6-8-15)4-2-12(17)18/h13H,2-10H2,1H3,(H,17,18). The average molecular weight is 273 g/mol. The molecule has 110 valence electrons. The summed E-state index contributed by atoms with van der Waals surface area (Å²) in [5, 5.41) is 11.6. The predicted molar refractivity (Wildman–Crippen MR) is 70.0 cm³/mol. The third kappa shape index (κ3) is 6.51. The minimum atomic E-state index is -0.777. The summed E-state index contributed by atoms with van der Waals surface area (Å²) in [6.45, 7) is 4.99. The summed E-state index contributed by atoms with van der Waals surface area (Å²) in [4.78, 5) is 26.2.